The van der Waals surface area contributed by atoms with Crippen LogP contribution < -0.4 is 5.32 Å². The standard InChI is InChI=1S/C12H17BrN2O2S/c1-8-5-15(6-9(2)17-8)12(16)14-4-11-3-10(13)7-18-11/h3,7-9H,4-6H2,1-2H3,(H,14,16)/t8-,9+. The Kier molecular flexibility index (Phi) is 4.64. The Morgan fingerprint density at radius 1 is 1.56 bits per heavy atom. The minimum absolute atomic E-state index is 0.0125. The van der Waals surface area contributed by atoms with E-state index in [0.717, 1.165) is 9.35 Å². The molecular formula is C12H17BrN2O2S. The lowest BCUT2D eigenvalue weighted by Gasteiger charge is -2.35. The maximum Gasteiger partial charge on any atom is 0.317 e. The second-order valence-corrected chi connectivity index (χ2v) is 6.46. The zero-order valence-electron chi connectivity index (χ0n) is 10.5. The molecule has 1 aromatic heterocycles. The molecule has 2 rings (SSSR count). The van der Waals surface area contributed by atoms with Gasteiger partial charge in [0.15, 0.2) is 0 Å². The molecular weight excluding hydrogens is 316 g/mol. The van der Waals surface area contributed by atoms with Gasteiger partial charge in [0.25, 0.3) is 0 Å². The third-order valence-corrected chi connectivity index (χ3v) is 4.44. The highest BCUT2D eigenvalue weighted by atomic mass is 79.9. The molecule has 0 unspecified atom stereocenters. The molecule has 1 aliphatic rings. The van der Waals surface area contributed by atoms with Crippen molar-refractivity contribution in [2.24, 2.45) is 0 Å². The monoisotopic (exact) mass is 332 g/mol. The number of hydrogen-bond donors (Lipinski definition) is 1. The molecule has 1 fully saturated rings. The van der Waals surface area contributed by atoms with Gasteiger partial charge in [-0.15, -0.1) is 11.3 Å². The van der Waals surface area contributed by atoms with Gasteiger partial charge in [-0.05, 0) is 35.8 Å². The molecule has 18 heavy (non-hydrogen) atoms. The molecule has 1 aromatic rings. The SMILES string of the molecule is C[C@@H]1CN(C(=O)NCc2cc(Br)cs2)C[C@H](C)O1. The molecule has 0 bridgehead atoms. The van der Waals surface area contributed by atoms with Crippen molar-refractivity contribution < 1.29 is 9.53 Å². The molecule has 0 saturated carbocycles. The third-order valence-electron chi connectivity index (χ3n) is 2.74. The first kappa shape index (κ1) is 13.8. The van der Waals surface area contributed by atoms with Crippen molar-refractivity contribution in [2.75, 3.05) is 13.1 Å². The molecule has 0 spiro atoms. The van der Waals surface area contributed by atoms with Crippen LogP contribution in [0, 0.1) is 0 Å². The number of nitrogens with zero attached hydrogens (tertiary/aromatic N) is 1. The van der Waals surface area contributed by atoms with E-state index in [9.17, 15) is 4.79 Å². The Morgan fingerprint density at radius 3 is 2.78 bits per heavy atom. The second kappa shape index (κ2) is 6.04. The second-order valence-electron chi connectivity index (χ2n) is 4.55. The summed E-state index contributed by atoms with van der Waals surface area (Å²) < 4.78 is 6.67. The van der Waals surface area contributed by atoms with Gasteiger partial charge in [-0.25, -0.2) is 4.79 Å². The van der Waals surface area contributed by atoms with Gasteiger partial charge >= 0.3 is 6.03 Å². The highest BCUT2D eigenvalue weighted by Gasteiger charge is 2.25. The summed E-state index contributed by atoms with van der Waals surface area (Å²) >= 11 is 5.04. The highest BCUT2D eigenvalue weighted by molar-refractivity contribution is 9.10. The van der Waals surface area contributed by atoms with Crippen molar-refractivity contribution in [2.45, 2.75) is 32.6 Å². The average Bonchev–Trinajstić information content (AvgIpc) is 2.70. The van der Waals surface area contributed by atoms with Crippen LogP contribution >= 0.6 is 27.3 Å². The minimum atomic E-state index is -0.0125. The first-order valence-corrected chi connectivity index (χ1v) is 7.63. The fourth-order valence-electron chi connectivity index (χ4n) is 2.06. The molecule has 1 N–H and O–H groups in total. The largest absolute Gasteiger partial charge is 0.372 e. The molecule has 2 amide bonds. The zero-order chi connectivity index (χ0) is 13.1. The van der Waals surface area contributed by atoms with Crippen LogP contribution in [0.15, 0.2) is 15.9 Å². The summed E-state index contributed by atoms with van der Waals surface area (Å²) in [6, 6.07) is 2.01. The Bertz CT molecular complexity index is 414. The van der Waals surface area contributed by atoms with Gasteiger partial charge in [-0.1, -0.05) is 0 Å². The van der Waals surface area contributed by atoms with Crippen LogP contribution in [0.1, 0.15) is 18.7 Å². The van der Waals surface area contributed by atoms with E-state index < -0.39 is 0 Å². The maximum atomic E-state index is 12.0. The van der Waals surface area contributed by atoms with Crippen LogP contribution in [-0.2, 0) is 11.3 Å². The van der Waals surface area contributed by atoms with Crippen LogP contribution in [0.3, 0.4) is 0 Å². The van der Waals surface area contributed by atoms with E-state index in [1.165, 1.54) is 0 Å². The van der Waals surface area contributed by atoms with E-state index in [4.69, 9.17) is 4.74 Å². The van der Waals surface area contributed by atoms with Gasteiger partial charge in [-0.2, -0.15) is 0 Å². The number of hydrogen-bond acceptors (Lipinski definition) is 3. The fourth-order valence-corrected chi connectivity index (χ4v) is 3.46. The maximum absolute atomic E-state index is 12.0. The van der Waals surface area contributed by atoms with Crippen LogP contribution in [-0.4, -0.2) is 36.2 Å². The van der Waals surface area contributed by atoms with Crippen molar-refractivity contribution in [3.8, 4) is 0 Å². The number of carbonyl (C=O) groups excluding carboxylic acids is 1. The normalized spacial score (nSPS) is 24.1. The molecule has 100 valence electrons. The molecule has 1 aliphatic heterocycles. The van der Waals surface area contributed by atoms with Gasteiger partial charge in [0.05, 0.1) is 18.8 Å². The number of ether oxygens (including phenoxy) is 1. The topological polar surface area (TPSA) is 41.6 Å². The van der Waals surface area contributed by atoms with E-state index in [0.29, 0.717) is 19.6 Å². The van der Waals surface area contributed by atoms with E-state index in [1.54, 1.807) is 11.3 Å². The predicted molar refractivity (Wildman–Crippen MR) is 75.8 cm³/mol. The number of amides is 2. The molecule has 1 saturated heterocycles. The summed E-state index contributed by atoms with van der Waals surface area (Å²) in [4.78, 5) is 15.0. The zero-order valence-corrected chi connectivity index (χ0v) is 12.9. The van der Waals surface area contributed by atoms with Gasteiger partial charge in [0, 0.05) is 27.8 Å². The lowest BCUT2D eigenvalue weighted by atomic mass is 10.2. The van der Waals surface area contributed by atoms with E-state index in [2.05, 4.69) is 21.2 Å². The number of thiophene rings is 1. The lowest BCUT2D eigenvalue weighted by molar-refractivity contribution is -0.0545. The molecule has 4 nitrogen and oxygen atoms in total. The summed E-state index contributed by atoms with van der Waals surface area (Å²) in [7, 11) is 0. The first-order valence-electron chi connectivity index (χ1n) is 5.95. The van der Waals surface area contributed by atoms with Gasteiger partial charge < -0.3 is 15.0 Å². The molecule has 0 aromatic carbocycles. The smallest absolute Gasteiger partial charge is 0.317 e. The Labute approximate surface area is 119 Å². The van der Waals surface area contributed by atoms with E-state index in [1.807, 2.05) is 30.2 Å². The number of halogens is 1. The Hall–Kier alpha value is -0.590. The van der Waals surface area contributed by atoms with Crippen molar-refractivity contribution in [1.29, 1.82) is 0 Å². The Morgan fingerprint density at radius 2 is 2.22 bits per heavy atom. The minimum Gasteiger partial charge on any atom is -0.372 e. The Balaban J connectivity index is 1.84. The van der Waals surface area contributed by atoms with Crippen LogP contribution in [0.25, 0.3) is 0 Å². The molecule has 6 heteroatoms. The van der Waals surface area contributed by atoms with E-state index >= 15 is 0 Å². The fraction of sp³-hybridized carbons (Fsp3) is 0.583. The predicted octanol–water partition coefficient (Wildman–Crippen LogP) is 2.83. The van der Waals surface area contributed by atoms with Crippen LogP contribution in [0.5, 0.6) is 0 Å². The summed E-state index contributed by atoms with van der Waals surface area (Å²) in [5.74, 6) is 0. The van der Waals surface area contributed by atoms with Crippen molar-refractivity contribution in [3.05, 3.63) is 20.8 Å². The van der Waals surface area contributed by atoms with Crippen LogP contribution in [0.2, 0.25) is 0 Å². The first-order chi connectivity index (χ1) is 8.54. The number of rotatable bonds is 2. The summed E-state index contributed by atoms with van der Waals surface area (Å²) in [6.45, 7) is 5.88. The molecule has 2 atom stereocenters. The van der Waals surface area contributed by atoms with Crippen molar-refractivity contribution in [3.63, 3.8) is 0 Å². The molecule has 2 heterocycles. The van der Waals surface area contributed by atoms with Crippen molar-refractivity contribution in [1.82, 2.24) is 10.2 Å². The molecule has 0 radical (unpaired) electrons. The van der Waals surface area contributed by atoms with E-state index in [-0.39, 0.29) is 18.2 Å². The number of carbonyl (C=O) groups is 1. The summed E-state index contributed by atoms with van der Waals surface area (Å²) in [5, 5.41) is 4.96. The quantitative estimate of drug-likeness (QED) is 0.904. The van der Waals surface area contributed by atoms with Gasteiger partial charge in [0.1, 0.15) is 0 Å². The van der Waals surface area contributed by atoms with Gasteiger partial charge in [-0.3, -0.25) is 0 Å². The highest BCUT2D eigenvalue weighted by Crippen LogP contribution is 2.19. The van der Waals surface area contributed by atoms with Crippen molar-refractivity contribution >= 4 is 33.3 Å². The average molecular weight is 333 g/mol. The number of nitrogens with one attached hydrogen (secondary N) is 1. The lowest BCUT2D eigenvalue weighted by Crippen LogP contribution is -2.51. The summed E-state index contributed by atoms with van der Waals surface area (Å²) in [5.41, 5.74) is 0. The number of urea groups is 1. The molecule has 0 aliphatic carbocycles. The summed E-state index contributed by atoms with van der Waals surface area (Å²) in [6.07, 6.45) is 0.214. The third kappa shape index (κ3) is 3.70. The van der Waals surface area contributed by atoms with Crippen LogP contribution in [0.4, 0.5) is 4.79 Å². The number of morpholine rings is 1. The van der Waals surface area contributed by atoms with Gasteiger partial charge in [0.2, 0.25) is 0 Å².